The van der Waals surface area contributed by atoms with Gasteiger partial charge in [-0.25, -0.2) is 0 Å². The number of carbonyl (C=O) groups excluding carboxylic acids is 1. The number of hydrogen-bond acceptors (Lipinski definition) is 1. The van der Waals surface area contributed by atoms with Gasteiger partial charge in [-0.15, -0.1) is 0 Å². The fourth-order valence-corrected chi connectivity index (χ4v) is 4.65. The molecule has 30 heavy (non-hydrogen) atoms. The van der Waals surface area contributed by atoms with Crippen LogP contribution in [0.25, 0.3) is 5.69 Å². The molecule has 1 aliphatic rings. The Kier molecular flexibility index (Phi) is 6.23. The standard InChI is InChI=1S/C27H40N2O/c1-18-23(25(28)30)17-29(24(18)13-19-11-9-8-10-12-19)22-15-20(26(2,3)4)14-21(16-22)27(5,6)7/h14-17,19H,8-13H2,1-7H3,(H2,28,30). The van der Waals surface area contributed by atoms with Gasteiger partial charge in [-0.2, -0.15) is 0 Å². The quantitative estimate of drug-likeness (QED) is 0.608. The van der Waals surface area contributed by atoms with Crippen LogP contribution in [0.1, 0.15) is 106 Å². The number of benzene rings is 1. The van der Waals surface area contributed by atoms with Crippen molar-refractivity contribution in [1.82, 2.24) is 4.57 Å². The molecule has 0 radical (unpaired) electrons. The molecule has 0 saturated heterocycles. The van der Waals surface area contributed by atoms with Crippen LogP contribution in [-0.4, -0.2) is 10.5 Å². The van der Waals surface area contributed by atoms with Gasteiger partial charge in [0.05, 0.1) is 5.56 Å². The summed E-state index contributed by atoms with van der Waals surface area (Å²) in [4.78, 5) is 12.2. The summed E-state index contributed by atoms with van der Waals surface area (Å²) in [5.41, 5.74) is 12.6. The van der Waals surface area contributed by atoms with E-state index in [1.807, 2.05) is 6.20 Å². The van der Waals surface area contributed by atoms with Crippen LogP contribution in [-0.2, 0) is 17.3 Å². The molecule has 1 heterocycles. The van der Waals surface area contributed by atoms with Crippen LogP contribution in [0.2, 0.25) is 0 Å². The zero-order chi connectivity index (χ0) is 22.3. The van der Waals surface area contributed by atoms with Gasteiger partial charge in [0.2, 0.25) is 0 Å². The molecule has 2 aromatic rings. The fraction of sp³-hybridized carbons (Fsp3) is 0.593. The summed E-state index contributed by atoms with van der Waals surface area (Å²) in [6.07, 6.45) is 9.55. The van der Waals surface area contributed by atoms with Crippen molar-refractivity contribution in [3.8, 4) is 5.69 Å². The van der Waals surface area contributed by atoms with Gasteiger partial charge in [0.15, 0.2) is 0 Å². The van der Waals surface area contributed by atoms with E-state index in [4.69, 9.17) is 5.73 Å². The first-order valence-corrected chi connectivity index (χ1v) is 11.5. The first kappa shape index (κ1) is 22.7. The van der Waals surface area contributed by atoms with Crippen molar-refractivity contribution in [2.24, 2.45) is 11.7 Å². The highest BCUT2D eigenvalue weighted by Crippen LogP contribution is 2.35. The molecular weight excluding hydrogens is 368 g/mol. The molecule has 1 aromatic carbocycles. The molecule has 1 saturated carbocycles. The van der Waals surface area contributed by atoms with Crippen molar-refractivity contribution >= 4 is 5.91 Å². The summed E-state index contributed by atoms with van der Waals surface area (Å²) in [6, 6.07) is 6.93. The molecular formula is C27H40N2O. The number of hydrogen-bond donors (Lipinski definition) is 1. The van der Waals surface area contributed by atoms with Gasteiger partial charge < -0.3 is 10.3 Å². The van der Waals surface area contributed by atoms with Crippen LogP contribution >= 0.6 is 0 Å². The van der Waals surface area contributed by atoms with E-state index in [0.717, 1.165) is 17.7 Å². The molecule has 1 aromatic heterocycles. The zero-order valence-electron chi connectivity index (χ0n) is 20.1. The van der Waals surface area contributed by atoms with E-state index < -0.39 is 0 Å². The van der Waals surface area contributed by atoms with Gasteiger partial charge in [0, 0.05) is 17.6 Å². The molecule has 0 unspecified atom stereocenters. The summed E-state index contributed by atoms with van der Waals surface area (Å²) < 4.78 is 2.26. The highest BCUT2D eigenvalue weighted by molar-refractivity contribution is 5.94. The van der Waals surface area contributed by atoms with Crippen LogP contribution in [0.4, 0.5) is 0 Å². The molecule has 3 heteroatoms. The summed E-state index contributed by atoms with van der Waals surface area (Å²) >= 11 is 0. The summed E-state index contributed by atoms with van der Waals surface area (Å²) in [5.74, 6) is 0.360. The molecule has 0 spiro atoms. The van der Waals surface area contributed by atoms with E-state index >= 15 is 0 Å². The predicted octanol–water partition coefficient (Wildman–Crippen LogP) is 6.60. The highest BCUT2D eigenvalue weighted by Gasteiger charge is 2.25. The third-order valence-electron chi connectivity index (χ3n) is 6.79. The molecule has 0 atom stereocenters. The Bertz CT molecular complexity index is 883. The molecule has 1 aliphatic carbocycles. The van der Waals surface area contributed by atoms with E-state index in [2.05, 4.69) is 71.2 Å². The predicted molar refractivity (Wildman–Crippen MR) is 127 cm³/mol. The topological polar surface area (TPSA) is 48.0 Å². The Hall–Kier alpha value is -2.03. The second-order valence-electron chi connectivity index (χ2n) is 11.3. The van der Waals surface area contributed by atoms with Gasteiger partial charge in [-0.1, -0.05) is 79.7 Å². The van der Waals surface area contributed by atoms with Crippen molar-refractivity contribution in [2.45, 2.75) is 97.8 Å². The second kappa shape index (κ2) is 8.24. The van der Waals surface area contributed by atoms with E-state index in [1.54, 1.807) is 0 Å². The average molecular weight is 409 g/mol. The van der Waals surface area contributed by atoms with E-state index in [0.29, 0.717) is 11.5 Å². The Labute approximate surface area is 183 Å². The summed E-state index contributed by atoms with van der Waals surface area (Å²) in [5, 5.41) is 0. The number of nitrogens with zero attached hydrogens (tertiary/aromatic N) is 1. The lowest BCUT2D eigenvalue weighted by Gasteiger charge is -2.27. The zero-order valence-corrected chi connectivity index (χ0v) is 20.1. The molecule has 0 bridgehead atoms. The normalized spacial score (nSPS) is 16.1. The number of aromatic nitrogens is 1. The smallest absolute Gasteiger partial charge is 0.250 e. The van der Waals surface area contributed by atoms with Crippen molar-refractivity contribution in [3.63, 3.8) is 0 Å². The lowest BCUT2D eigenvalue weighted by molar-refractivity contribution is 0.1000. The van der Waals surface area contributed by atoms with Gasteiger partial charge in [-0.05, 0) is 58.9 Å². The Balaban J connectivity index is 2.18. The largest absolute Gasteiger partial charge is 0.366 e. The molecule has 3 nitrogen and oxygen atoms in total. The molecule has 164 valence electrons. The maximum atomic E-state index is 12.2. The Morgan fingerprint density at radius 3 is 1.97 bits per heavy atom. The Morgan fingerprint density at radius 1 is 0.967 bits per heavy atom. The van der Waals surface area contributed by atoms with Crippen LogP contribution in [0.3, 0.4) is 0 Å². The van der Waals surface area contributed by atoms with Crippen LogP contribution in [0.15, 0.2) is 24.4 Å². The summed E-state index contributed by atoms with van der Waals surface area (Å²) in [6.45, 7) is 15.6. The van der Waals surface area contributed by atoms with Gasteiger partial charge in [0.25, 0.3) is 5.91 Å². The monoisotopic (exact) mass is 408 g/mol. The number of rotatable bonds is 4. The fourth-order valence-electron chi connectivity index (χ4n) is 4.65. The van der Waals surface area contributed by atoms with Crippen molar-refractivity contribution in [3.05, 3.63) is 52.3 Å². The minimum atomic E-state index is -0.334. The molecule has 1 amide bonds. The molecule has 0 aliphatic heterocycles. The third kappa shape index (κ3) is 4.82. The van der Waals surface area contributed by atoms with Crippen LogP contribution in [0.5, 0.6) is 0 Å². The lowest BCUT2D eigenvalue weighted by atomic mass is 9.80. The van der Waals surface area contributed by atoms with Gasteiger partial charge >= 0.3 is 0 Å². The van der Waals surface area contributed by atoms with E-state index in [9.17, 15) is 4.79 Å². The van der Waals surface area contributed by atoms with Crippen LogP contribution in [0, 0.1) is 12.8 Å². The van der Waals surface area contributed by atoms with Crippen LogP contribution < -0.4 is 5.73 Å². The van der Waals surface area contributed by atoms with Crippen molar-refractivity contribution in [1.29, 1.82) is 0 Å². The van der Waals surface area contributed by atoms with E-state index in [1.165, 1.54) is 48.9 Å². The van der Waals surface area contributed by atoms with Crippen molar-refractivity contribution < 1.29 is 4.79 Å². The minimum Gasteiger partial charge on any atom is -0.366 e. The number of nitrogens with two attached hydrogens (primary N) is 1. The average Bonchev–Trinajstić information content (AvgIpc) is 2.97. The Morgan fingerprint density at radius 2 is 1.50 bits per heavy atom. The maximum Gasteiger partial charge on any atom is 0.250 e. The first-order chi connectivity index (χ1) is 13.9. The molecule has 3 rings (SSSR count). The van der Waals surface area contributed by atoms with Gasteiger partial charge in [0.1, 0.15) is 0 Å². The van der Waals surface area contributed by atoms with E-state index in [-0.39, 0.29) is 16.7 Å². The van der Waals surface area contributed by atoms with Gasteiger partial charge in [-0.3, -0.25) is 4.79 Å². The second-order valence-corrected chi connectivity index (χ2v) is 11.3. The molecule has 1 fully saturated rings. The SMILES string of the molecule is Cc1c(C(N)=O)cn(-c2cc(C(C)(C)C)cc(C(C)(C)C)c2)c1CC1CCCCC1. The number of carbonyl (C=O) groups is 1. The molecule has 2 N–H and O–H groups in total. The highest BCUT2D eigenvalue weighted by atomic mass is 16.1. The maximum absolute atomic E-state index is 12.2. The number of primary amides is 1. The first-order valence-electron chi connectivity index (χ1n) is 11.5. The van der Waals surface area contributed by atoms with Crippen molar-refractivity contribution in [2.75, 3.05) is 0 Å². The lowest BCUT2D eigenvalue weighted by Crippen LogP contribution is -2.18. The third-order valence-corrected chi connectivity index (χ3v) is 6.79. The minimum absolute atomic E-state index is 0.0499. The summed E-state index contributed by atoms with van der Waals surface area (Å²) in [7, 11) is 0. The number of amides is 1.